The largest absolute Gasteiger partial charge is 0.497 e. The van der Waals surface area contributed by atoms with Crippen LogP contribution in [0.4, 0.5) is 5.69 Å². The lowest BCUT2D eigenvalue weighted by atomic mass is 10.1. The van der Waals surface area contributed by atoms with Gasteiger partial charge in [0.05, 0.1) is 31.9 Å². The Labute approximate surface area is 261 Å². The molecule has 44 heavy (non-hydrogen) atoms. The molecule has 0 saturated carbocycles. The van der Waals surface area contributed by atoms with Crippen LogP contribution in [-0.4, -0.2) is 64.6 Å². The highest BCUT2D eigenvalue weighted by atomic mass is 32.2. The molecule has 1 N–H and O–H groups in total. The Morgan fingerprint density at radius 1 is 0.864 bits per heavy atom. The molecule has 0 radical (unpaired) electrons. The predicted molar refractivity (Wildman–Crippen MR) is 171 cm³/mol. The van der Waals surface area contributed by atoms with Crippen LogP contribution in [0, 0.1) is 13.8 Å². The summed E-state index contributed by atoms with van der Waals surface area (Å²) in [6.45, 7) is 10.4. The fraction of sp³-hybridized carbons (Fsp3) is 0.394. The first-order chi connectivity index (χ1) is 20.6. The van der Waals surface area contributed by atoms with Gasteiger partial charge in [-0.15, -0.1) is 0 Å². The van der Waals surface area contributed by atoms with E-state index in [1.165, 1.54) is 37.3 Å². The molecule has 3 aromatic rings. The summed E-state index contributed by atoms with van der Waals surface area (Å²) in [6.07, 6.45) is 0. The van der Waals surface area contributed by atoms with Gasteiger partial charge in [0.2, 0.25) is 11.8 Å². The normalized spacial score (nSPS) is 12.2. The maximum atomic E-state index is 14.3. The number of amides is 2. The zero-order valence-electron chi connectivity index (χ0n) is 26.9. The summed E-state index contributed by atoms with van der Waals surface area (Å²) >= 11 is 0. The number of ether oxygens (including phenoxy) is 3. The fourth-order valence-corrected chi connectivity index (χ4v) is 6.17. The Bertz CT molecular complexity index is 1580. The summed E-state index contributed by atoms with van der Waals surface area (Å²) in [5.74, 6) is 0.257. The van der Waals surface area contributed by atoms with E-state index in [1.54, 1.807) is 44.4 Å². The van der Waals surface area contributed by atoms with E-state index >= 15 is 0 Å². The molecule has 2 amide bonds. The molecule has 0 spiro atoms. The molecule has 0 unspecified atom stereocenters. The van der Waals surface area contributed by atoms with E-state index in [0.29, 0.717) is 22.7 Å². The minimum atomic E-state index is -4.30. The number of nitrogens with one attached hydrogen (secondary N) is 1. The monoisotopic (exact) mass is 625 g/mol. The zero-order chi connectivity index (χ0) is 32.8. The summed E-state index contributed by atoms with van der Waals surface area (Å²) in [5, 5.41) is 2.93. The van der Waals surface area contributed by atoms with Crippen LogP contribution in [0.25, 0.3) is 0 Å². The van der Waals surface area contributed by atoms with Crippen LogP contribution in [0.1, 0.15) is 44.4 Å². The summed E-state index contributed by atoms with van der Waals surface area (Å²) in [5.41, 5.74) is 2.14. The summed E-state index contributed by atoms with van der Waals surface area (Å²) in [4.78, 5) is 28.9. The first-order valence-electron chi connectivity index (χ1n) is 14.2. The molecule has 0 aliphatic rings. The summed E-state index contributed by atoms with van der Waals surface area (Å²) in [6, 6.07) is 15.9. The number of anilines is 1. The highest BCUT2D eigenvalue weighted by molar-refractivity contribution is 7.92. The lowest BCUT2D eigenvalue weighted by Crippen LogP contribution is -2.54. The molecule has 0 aromatic heterocycles. The molecule has 0 fully saturated rings. The van der Waals surface area contributed by atoms with Crippen molar-refractivity contribution < 1.29 is 32.2 Å². The van der Waals surface area contributed by atoms with Gasteiger partial charge < -0.3 is 24.4 Å². The van der Waals surface area contributed by atoms with Gasteiger partial charge >= 0.3 is 0 Å². The Morgan fingerprint density at radius 3 is 2.07 bits per heavy atom. The van der Waals surface area contributed by atoms with Crippen LogP contribution in [0.15, 0.2) is 65.6 Å². The van der Waals surface area contributed by atoms with Crippen LogP contribution in [-0.2, 0) is 26.2 Å². The van der Waals surface area contributed by atoms with E-state index < -0.39 is 34.1 Å². The first-order valence-corrected chi connectivity index (χ1v) is 15.6. The van der Waals surface area contributed by atoms with E-state index in [0.717, 1.165) is 15.4 Å². The van der Waals surface area contributed by atoms with Gasteiger partial charge in [-0.25, -0.2) is 8.42 Å². The maximum absolute atomic E-state index is 14.3. The van der Waals surface area contributed by atoms with Crippen LogP contribution in [0.3, 0.4) is 0 Å². The smallest absolute Gasteiger partial charge is 0.264 e. The van der Waals surface area contributed by atoms with Gasteiger partial charge in [-0.3, -0.25) is 13.9 Å². The number of hydrogen-bond acceptors (Lipinski definition) is 7. The molecule has 238 valence electrons. The van der Waals surface area contributed by atoms with Crippen molar-refractivity contribution in [2.24, 2.45) is 0 Å². The van der Waals surface area contributed by atoms with Gasteiger partial charge in [0, 0.05) is 18.2 Å². The second kappa shape index (κ2) is 14.0. The number of nitrogens with zero attached hydrogens (tertiary/aromatic N) is 2. The first kappa shape index (κ1) is 34.2. The highest BCUT2D eigenvalue weighted by Gasteiger charge is 2.34. The van der Waals surface area contributed by atoms with Gasteiger partial charge in [0.25, 0.3) is 10.0 Å². The van der Waals surface area contributed by atoms with Crippen LogP contribution in [0.2, 0.25) is 0 Å². The van der Waals surface area contributed by atoms with Crippen LogP contribution in [0.5, 0.6) is 17.2 Å². The van der Waals surface area contributed by atoms with E-state index in [4.69, 9.17) is 14.2 Å². The summed E-state index contributed by atoms with van der Waals surface area (Å²) in [7, 11) is 0.117. The number of carbonyl (C=O) groups excluding carboxylic acids is 2. The van der Waals surface area contributed by atoms with Gasteiger partial charge in [-0.1, -0.05) is 18.2 Å². The number of methoxy groups -OCH3 is 3. The third kappa shape index (κ3) is 8.43. The highest BCUT2D eigenvalue weighted by Crippen LogP contribution is 2.33. The molecule has 0 heterocycles. The fourth-order valence-electron chi connectivity index (χ4n) is 4.75. The molecule has 0 bridgehead atoms. The quantitative estimate of drug-likeness (QED) is 0.306. The van der Waals surface area contributed by atoms with E-state index in [2.05, 4.69) is 5.32 Å². The van der Waals surface area contributed by atoms with Crippen LogP contribution < -0.4 is 23.8 Å². The number of carbonyl (C=O) groups is 2. The second-order valence-electron chi connectivity index (χ2n) is 11.7. The van der Waals surface area contributed by atoms with Crippen molar-refractivity contribution in [3.63, 3.8) is 0 Å². The van der Waals surface area contributed by atoms with Crippen LogP contribution >= 0.6 is 0 Å². The molecule has 1 atom stereocenters. The third-order valence-corrected chi connectivity index (χ3v) is 8.64. The van der Waals surface area contributed by atoms with Gasteiger partial charge in [0.1, 0.15) is 18.3 Å². The second-order valence-corrected chi connectivity index (χ2v) is 13.5. The standard InChI is InChI=1S/C33H43N3O7S/c1-22-15-23(2)17-26(16-22)36(44(39,40)28-13-14-29(42-8)30(19-28)43-9)21-31(37)35(24(3)32(38)34-33(4,5)6)20-25-11-10-12-27(18-25)41-7/h10-19,24H,20-21H2,1-9H3,(H,34,38)/t24-/m0/s1. The molecule has 10 nitrogen and oxygen atoms in total. The van der Waals surface area contributed by atoms with Crippen molar-refractivity contribution in [2.45, 2.75) is 64.6 Å². The van der Waals surface area contributed by atoms with E-state index in [-0.39, 0.29) is 23.1 Å². The zero-order valence-corrected chi connectivity index (χ0v) is 27.7. The number of aryl methyl sites for hydroxylation is 2. The van der Waals surface area contributed by atoms with Gasteiger partial charge in [-0.05, 0) is 94.6 Å². The SMILES string of the molecule is COc1cccc(CN(C(=O)CN(c2cc(C)cc(C)c2)S(=O)(=O)c2ccc(OC)c(OC)c2)[C@@H](C)C(=O)NC(C)(C)C)c1. The molecule has 0 saturated heterocycles. The Balaban J connectivity index is 2.13. The van der Waals surface area contributed by atoms with Crippen molar-refractivity contribution >= 4 is 27.5 Å². The summed E-state index contributed by atoms with van der Waals surface area (Å²) < 4.78 is 45.6. The lowest BCUT2D eigenvalue weighted by Gasteiger charge is -2.33. The van der Waals surface area contributed by atoms with Crippen molar-refractivity contribution in [1.82, 2.24) is 10.2 Å². The topological polar surface area (TPSA) is 114 Å². The minimum absolute atomic E-state index is 0.0475. The number of rotatable bonds is 12. The van der Waals surface area contributed by atoms with Gasteiger partial charge in [0.15, 0.2) is 11.5 Å². The molecule has 11 heteroatoms. The van der Waals surface area contributed by atoms with Crippen molar-refractivity contribution in [2.75, 3.05) is 32.2 Å². The van der Waals surface area contributed by atoms with Crippen molar-refractivity contribution in [1.29, 1.82) is 0 Å². The minimum Gasteiger partial charge on any atom is -0.497 e. The average molecular weight is 626 g/mol. The number of hydrogen-bond donors (Lipinski definition) is 1. The number of benzene rings is 3. The lowest BCUT2D eigenvalue weighted by molar-refractivity contribution is -0.140. The molecule has 0 aliphatic carbocycles. The van der Waals surface area contributed by atoms with E-state index in [9.17, 15) is 18.0 Å². The molecule has 3 aromatic carbocycles. The Kier molecular flexibility index (Phi) is 10.9. The number of sulfonamides is 1. The Morgan fingerprint density at radius 2 is 1.50 bits per heavy atom. The molecular weight excluding hydrogens is 582 g/mol. The van der Waals surface area contributed by atoms with E-state index in [1.807, 2.05) is 46.8 Å². The van der Waals surface area contributed by atoms with Crippen molar-refractivity contribution in [3.8, 4) is 17.2 Å². The average Bonchev–Trinajstić information content (AvgIpc) is 2.96. The van der Waals surface area contributed by atoms with Gasteiger partial charge in [-0.2, -0.15) is 0 Å². The molecule has 0 aliphatic heterocycles. The Hall–Kier alpha value is -4.25. The molecular formula is C33H43N3O7S. The third-order valence-electron chi connectivity index (χ3n) is 6.87. The predicted octanol–water partition coefficient (Wildman–Crippen LogP) is 4.86. The van der Waals surface area contributed by atoms with Crippen molar-refractivity contribution in [3.05, 3.63) is 77.4 Å². The maximum Gasteiger partial charge on any atom is 0.264 e. The molecule has 3 rings (SSSR count).